The number of halogens is 1. The Morgan fingerprint density at radius 3 is 2.74 bits per heavy atom. The van der Waals surface area contributed by atoms with Crippen LogP contribution in [0.1, 0.15) is 29.6 Å². The lowest BCUT2D eigenvalue weighted by atomic mass is 9.82. The van der Waals surface area contributed by atoms with Crippen molar-refractivity contribution in [1.82, 2.24) is 4.90 Å². The van der Waals surface area contributed by atoms with Crippen molar-refractivity contribution < 1.29 is 13.9 Å². The van der Waals surface area contributed by atoms with Crippen molar-refractivity contribution >= 4 is 11.5 Å². The quantitative estimate of drug-likeness (QED) is 0.726. The van der Waals surface area contributed by atoms with Crippen LogP contribution < -0.4 is 10.5 Å². The van der Waals surface area contributed by atoms with Gasteiger partial charge in [0.05, 0.1) is 17.7 Å². The maximum absolute atomic E-state index is 13.3. The van der Waals surface area contributed by atoms with Crippen molar-refractivity contribution in [2.75, 3.05) is 25.9 Å². The van der Waals surface area contributed by atoms with Gasteiger partial charge in [0.1, 0.15) is 11.4 Å². The third kappa shape index (κ3) is 2.08. The van der Waals surface area contributed by atoms with E-state index in [1.807, 2.05) is 0 Å². The summed E-state index contributed by atoms with van der Waals surface area (Å²) in [5.74, 6) is -0.202. The van der Waals surface area contributed by atoms with Crippen LogP contribution in [0.5, 0.6) is 5.75 Å². The number of fused-ring (bicyclic) bond motifs is 1. The summed E-state index contributed by atoms with van der Waals surface area (Å²) in [6, 6.07) is 2.43. The maximum atomic E-state index is 13.3. The third-order valence-corrected chi connectivity index (χ3v) is 4.08. The second-order valence-electron chi connectivity index (χ2n) is 5.56. The van der Waals surface area contributed by atoms with Crippen molar-refractivity contribution in [2.24, 2.45) is 0 Å². The van der Waals surface area contributed by atoms with Crippen LogP contribution in [0.4, 0.5) is 10.1 Å². The van der Waals surface area contributed by atoms with Crippen molar-refractivity contribution in [2.45, 2.75) is 24.9 Å². The number of nitrogens with two attached hydrogens (primary N) is 1. The van der Waals surface area contributed by atoms with Gasteiger partial charge >= 0.3 is 0 Å². The predicted molar refractivity (Wildman–Crippen MR) is 69.8 cm³/mol. The van der Waals surface area contributed by atoms with Crippen LogP contribution in [-0.4, -0.2) is 36.4 Å². The molecule has 2 aliphatic heterocycles. The molecular weight excluding hydrogens is 247 g/mol. The van der Waals surface area contributed by atoms with Crippen LogP contribution in [0, 0.1) is 5.82 Å². The van der Waals surface area contributed by atoms with Gasteiger partial charge in [0.25, 0.3) is 0 Å². The molecule has 4 nitrogen and oxygen atoms in total. The molecule has 1 aromatic carbocycles. The first-order chi connectivity index (χ1) is 8.99. The molecule has 0 amide bonds. The zero-order valence-electron chi connectivity index (χ0n) is 10.9. The minimum Gasteiger partial charge on any atom is -0.484 e. The Balaban J connectivity index is 1.98. The maximum Gasteiger partial charge on any atom is 0.170 e. The standard InChI is InChI=1S/C14H17FN2O2/c1-17-4-2-14(3-5-17)8-12(18)10-6-9(15)7-11(16)13(10)19-14/h6-7H,2-5,8,16H2,1H3. The van der Waals surface area contributed by atoms with Gasteiger partial charge in [-0.1, -0.05) is 0 Å². The van der Waals surface area contributed by atoms with Crippen LogP contribution in [0.3, 0.4) is 0 Å². The predicted octanol–water partition coefficient (Wildman–Crippen LogP) is 1.84. The molecule has 0 atom stereocenters. The average Bonchev–Trinajstić information content (AvgIpc) is 2.35. The van der Waals surface area contributed by atoms with E-state index < -0.39 is 11.4 Å². The molecule has 3 rings (SSSR count). The number of carbonyl (C=O) groups is 1. The number of carbonyl (C=O) groups excluding carboxylic acids is 1. The molecule has 102 valence electrons. The van der Waals surface area contributed by atoms with Gasteiger partial charge in [-0.15, -0.1) is 0 Å². The van der Waals surface area contributed by atoms with Crippen molar-refractivity contribution in [1.29, 1.82) is 0 Å². The lowest BCUT2D eigenvalue weighted by Crippen LogP contribution is -2.50. The van der Waals surface area contributed by atoms with Gasteiger partial charge in [-0.25, -0.2) is 4.39 Å². The van der Waals surface area contributed by atoms with E-state index in [-0.39, 0.29) is 17.0 Å². The monoisotopic (exact) mass is 264 g/mol. The fourth-order valence-corrected chi connectivity index (χ4v) is 2.88. The summed E-state index contributed by atoms with van der Waals surface area (Å²) >= 11 is 0. The van der Waals surface area contributed by atoms with E-state index in [9.17, 15) is 9.18 Å². The summed E-state index contributed by atoms with van der Waals surface area (Å²) in [6.07, 6.45) is 1.91. The molecule has 2 aliphatic rings. The van der Waals surface area contributed by atoms with Crippen molar-refractivity contribution in [3.05, 3.63) is 23.5 Å². The zero-order chi connectivity index (χ0) is 13.6. The Morgan fingerprint density at radius 2 is 2.05 bits per heavy atom. The Labute approximate surface area is 111 Å². The summed E-state index contributed by atoms with van der Waals surface area (Å²) in [4.78, 5) is 14.4. The third-order valence-electron chi connectivity index (χ3n) is 4.08. The highest BCUT2D eigenvalue weighted by molar-refractivity contribution is 6.02. The molecule has 1 saturated heterocycles. The summed E-state index contributed by atoms with van der Waals surface area (Å²) < 4.78 is 19.3. The number of anilines is 1. The number of hydrogen-bond donors (Lipinski definition) is 1. The molecular formula is C14H17FN2O2. The van der Waals surface area contributed by atoms with Gasteiger partial charge in [-0.05, 0) is 13.1 Å². The molecule has 2 heterocycles. The fourth-order valence-electron chi connectivity index (χ4n) is 2.88. The Hall–Kier alpha value is -1.62. The number of likely N-dealkylation sites (tertiary alicyclic amines) is 1. The van der Waals surface area contributed by atoms with Crippen LogP contribution in [0.2, 0.25) is 0 Å². The first kappa shape index (κ1) is 12.4. The Morgan fingerprint density at radius 1 is 1.37 bits per heavy atom. The molecule has 1 aromatic rings. The minimum atomic E-state index is -0.493. The van der Waals surface area contributed by atoms with Crippen LogP contribution >= 0.6 is 0 Å². The van der Waals surface area contributed by atoms with Crippen LogP contribution in [0.15, 0.2) is 12.1 Å². The van der Waals surface area contributed by atoms with Crippen molar-refractivity contribution in [3.63, 3.8) is 0 Å². The number of rotatable bonds is 0. The Kier molecular flexibility index (Phi) is 2.74. The summed E-state index contributed by atoms with van der Waals surface area (Å²) in [5.41, 5.74) is 5.83. The van der Waals surface area contributed by atoms with Gasteiger partial charge in [-0.2, -0.15) is 0 Å². The normalized spacial score (nSPS) is 22.1. The molecule has 19 heavy (non-hydrogen) atoms. The number of benzene rings is 1. The molecule has 1 fully saturated rings. The second-order valence-corrected chi connectivity index (χ2v) is 5.56. The highest BCUT2D eigenvalue weighted by Gasteiger charge is 2.43. The highest BCUT2D eigenvalue weighted by atomic mass is 19.1. The van der Waals surface area contributed by atoms with E-state index >= 15 is 0 Å². The molecule has 0 unspecified atom stereocenters. The molecule has 1 spiro atoms. The number of nitrogen functional groups attached to an aromatic ring is 1. The number of Topliss-reactive ketones (excluding diaryl/α,β-unsaturated/α-hetero) is 1. The SMILES string of the molecule is CN1CCC2(CC1)CC(=O)c1cc(F)cc(N)c1O2. The van der Waals surface area contributed by atoms with E-state index in [4.69, 9.17) is 10.5 Å². The number of hydrogen-bond acceptors (Lipinski definition) is 4. The highest BCUT2D eigenvalue weighted by Crippen LogP contribution is 2.42. The average molecular weight is 264 g/mol. The van der Waals surface area contributed by atoms with Crippen LogP contribution in [0.25, 0.3) is 0 Å². The van der Waals surface area contributed by atoms with Gasteiger partial charge in [0.15, 0.2) is 11.5 Å². The summed E-state index contributed by atoms with van der Waals surface area (Å²) in [7, 11) is 2.05. The second kappa shape index (κ2) is 4.20. The smallest absolute Gasteiger partial charge is 0.170 e. The molecule has 0 radical (unpaired) electrons. The van der Waals surface area contributed by atoms with E-state index in [1.54, 1.807) is 0 Å². The van der Waals surface area contributed by atoms with Gasteiger partial charge in [0, 0.05) is 32.0 Å². The molecule has 0 aromatic heterocycles. The first-order valence-electron chi connectivity index (χ1n) is 6.49. The van der Waals surface area contributed by atoms with Crippen molar-refractivity contribution in [3.8, 4) is 5.75 Å². The Bertz CT molecular complexity index is 536. The zero-order valence-corrected chi connectivity index (χ0v) is 10.9. The van der Waals surface area contributed by atoms with Gasteiger partial charge in [0.2, 0.25) is 0 Å². The van der Waals surface area contributed by atoms with E-state index in [1.165, 1.54) is 12.1 Å². The number of ether oxygens (including phenoxy) is 1. The number of nitrogens with zero attached hydrogens (tertiary/aromatic N) is 1. The molecule has 0 saturated carbocycles. The largest absolute Gasteiger partial charge is 0.484 e. The van der Waals surface area contributed by atoms with Gasteiger partial charge in [-0.3, -0.25) is 4.79 Å². The fraction of sp³-hybridized carbons (Fsp3) is 0.500. The number of ketones is 1. The van der Waals surface area contributed by atoms with E-state index in [2.05, 4.69) is 11.9 Å². The molecule has 2 N–H and O–H groups in total. The summed E-state index contributed by atoms with van der Waals surface area (Å²) in [5, 5.41) is 0. The first-order valence-corrected chi connectivity index (χ1v) is 6.49. The topological polar surface area (TPSA) is 55.6 Å². The van der Waals surface area contributed by atoms with E-state index in [0.29, 0.717) is 12.2 Å². The van der Waals surface area contributed by atoms with Crippen LogP contribution in [-0.2, 0) is 0 Å². The lowest BCUT2D eigenvalue weighted by molar-refractivity contribution is -0.00320. The number of piperidine rings is 1. The molecule has 0 aliphatic carbocycles. The molecule has 5 heteroatoms. The van der Waals surface area contributed by atoms with Gasteiger partial charge < -0.3 is 15.4 Å². The lowest BCUT2D eigenvalue weighted by Gasteiger charge is -2.43. The minimum absolute atomic E-state index is 0.0722. The molecule has 0 bridgehead atoms. The summed E-state index contributed by atoms with van der Waals surface area (Å²) in [6.45, 7) is 1.79. The van der Waals surface area contributed by atoms with E-state index in [0.717, 1.165) is 25.9 Å².